The number of ether oxygens (including phenoxy) is 1. The van der Waals surface area contributed by atoms with Gasteiger partial charge in [0.2, 0.25) is 5.88 Å². The van der Waals surface area contributed by atoms with Gasteiger partial charge < -0.3 is 26.2 Å². The van der Waals surface area contributed by atoms with Crippen LogP contribution in [0.15, 0.2) is 12.3 Å². The molecule has 0 unspecified atom stereocenters. The fraction of sp³-hybridized carbons (Fsp3) is 0.462. The first-order valence-electron chi connectivity index (χ1n) is 12.7. The molecule has 3 rings (SSSR count). The summed E-state index contributed by atoms with van der Waals surface area (Å²) in [5.74, 6) is -2.55. The Morgan fingerprint density at radius 2 is 1.90 bits per heavy atom. The number of pyridine rings is 1. The number of hydrogen-bond donors (Lipinski definition) is 5. The standard InChI is InChI=1S/C26H34F5N8O2.K/c1-13(2)41-25-17(9-34-6-7-36-33-4)23(35-10-19-15(12-40)11-39(5)38-19)22(28)24(37-25)16-8-18(32)21(27)14(3)20(16)26(29,30)31;/h8,11,13,33,36,40H,6-7,9-10,12,32H2,1-5H3,(H,35,37);/q-1;+1. The molecule has 1 aromatic carbocycles. The molecule has 0 amide bonds. The summed E-state index contributed by atoms with van der Waals surface area (Å²) in [7, 11) is 3.33. The molecule has 0 aliphatic heterocycles. The van der Waals surface area contributed by atoms with E-state index in [2.05, 4.69) is 31.6 Å². The van der Waals surface area contributed by atoms with Crippen molar-refractivity contribution in [1.82, 2.24) is 25.6 Å². The van der Waals surface area contributed by atoms with Gasteiger partial charge in [0.25, 0.3) is 0 Å². The van der Waals surface area contributed by atoms with Crippen LogP contribution in [0.4, 0.5) is 33.3 Å². The summed E-state index contributed by atoms with van der Waals surface area (Å²) in [5.41, 5.74) is 7.86. The number of nitrogens with two attached hydrogens (primary N) is 1. The summed E-state index contributed by atoms with van der Waals surface area (Å²) < 4.78 is 80.7. The average molecular weight is 625 g/mol. The predicted molar refractivity (Wildman–Crippen MR) is 145 cm³/mol. The number of nitrogen functional groups attached to an aromatic ring is 1. The number of aliphatic hydroxyl groups excluding tert-OH is 1. The number of anilines is 2. The number of nitrogens with zero attached hydrogens (tertiary/aromatic N) is 4. The van der Waals surface area contributed by atoms with Gasteiger partial charge in [-0.2, -0.15) is 18.3 Å². The zero-order valence-electron chi connectivity index (χ0n) is 24.4. The quantitative estimate of drug-likeness (QED) is 0.0629. The summed E-state index contributed by atoms with van der Waals surface area (Å²) in [6.45, 7) is 4.52. The largest absolute Gasteiger partial charge is 1.00 e. The molecule has 16 heteroatoms. The van der Waals surface area contributed by atoms with Gasteiger partial charge in [-0.3, -0.25) is 15.5 Å². The van der Waals surface area contributed by atoms with Crippen molar-refractivity contribution >= 4 is 11.4 Å². The number of benzene rings is 1. The van der Waals surface area contributed by atoms with Crippen molar-refractivity contribution < 1.29 is 83.2 Å². The van der Waals surface area contributed by atoms with Crippen LogP contribution in [-0.4, -0.2) is 46.1 Å². The van der Waals surface area contributed by atoms with Gasteiger partial charge in [-0.15, -0.1) is 13.1 Å². The Morgan fingerprint density at radius 3 is 2.50 bits per heavy atom. The monoisotopic (exact) mass is 624 g/mol. The fourth-order valence-electron chi connectivity index (χ4n) is 4.26. The molecule has 42 heavy (non-hydrogen) atoms. The van der Waals surface area contributed by atoms with Crippen molar-refractivity contribution in [3.8, 4) is 17.1 Å². The van der Waals surface area contributed by atoms with E-state index >= 15 is 4.39 Å². The Morgan fingerprint density at radius 1 is 1.21 bits per heavy atom. The van der Waals surface area contributed by atoms with E-state index in [1.807, 2.05) is 0 Å². The maximum atomic E-state index is 16.4. The Labute approximate surface area is 283 Å². The van der Waals surface area contributed by atoms with Crippen LogP contribution in [0, 0.1) is 18.6 Å². The topological polar surface area (TPSA) is 136 Å². The Kier molecular flexibility index (Phi) is 13.6. The number of hydrogen-bond acceptors (Lipinski definition) is 8. The smallest absolute Gasteiger partial charge is 0.657 e. The average Bonchev–Trinajstić information content (AvgIpc) is 3.25. The second kappa shape index (κ2) is 15.7. The molecule has 0 saturated carbocycles. The number of halogens is 5. The van der Waals surface area contributed by atoms with Crippen molar-refractivity contribution in [2.24, 2.45) is 7.05 Å². The molecular weight excluding hydrogens is 590 g/mol. The molecule has 0 saturated heterocycles. The van der Waals surface area contributed by atoms with E-state index < -0.39 is 52.0 Å². The summed E-state index contributed by atoms with van der Waals surface area (Å²) in [4.78, 5) is 4.17. The SMILES string of the molecule is CNNCC[N-]Cc1c(OC(C)C)nc(-c2cc(N)c(F)c(C)c2C(F)(F)F)c(F)c1NCc1nn(C)cc1CO.[K+]. The zero-order chi connectivity index (χ0) is 30.5. The number of aromatic nitrogens is 3. The first-order chi connectivity index (χ1) is 19.3. The number of rotatable bonds is 13. The van der Waals surface area contributed by atoms with Crippen LogP contribution in [-0.2, 0) is 32.9 Å². The van der Waals surface area contributed by atoms with Gasteiger partial charge in [0.05, 0.1) is 41.9 Å². The minimum Gasteiger partial charge on any atom is -0.657 e. The van der Waals surface area contributed by atoms with Crippen molar-refractivity contribution in [3.63, 3.8) is 0 Å². The minimum atomic E-state index is -5.05. The van der Waals surface area contributed by atoms with E-state index in [1.165, 1.54) is 4.68 Å². The number of hydrazine groups is 1. The van der Waals surface area contributed by atoms with Gasteiger partial charge >= 0.3 is 57.6 Å². The molecule has 6 N–H and O–H groups in total. The molecule has 0 aliphatic carbocycles. The first-order valence-corrected chi connectivity index (χ1v) is 12.7. The molecule has 0 atom stereocenters. The summed E-state index contributed by atoms with van der Waals surface area (Å²) in [6, 6.07) is 0.718. The van der Waals surface area contributed by atoms with Crippen LogP contribution in [0.5, 0.6) is 5.88 Å². The minimum absolute atomic E-state index is 0. The normalized spacial score (nSPS) is 11.6. The van der Waals surface area contributed by atoms with E-state index in [4.69, 9.17) is 10.5 Å². The summed E-state index contributed by atoms with van der Waals surface area (Å²) >= 11 is 0. The van der Waals surface area contributed by atoms with Crippen LogP contribution in [0.1, 0.15) is 41.8 Å². The summed E-state index contributed by atoms with van der Waals surface area (Å²) in [6.07, 6.45) is -3.95. The molecule has 226 valence electrons. The van der Waals surface area contributed by atoms with Crippen molar-refractivity contribution in [2.45, 2.75) is 52.7 Å². The van der Waals surface area contributed by atoms with Gasteiger partial charge in [-0.25, -0.2) is 13.8 Å². The zero-order valence-corrected chi connectivity index (χ0v) is 27.5. The number of nitrogens with one attached hydrogen (secondary N) is 3. The Balaban J connectivity index is 0.00000616. The van der Waals surface area contributed by atoms with E-state index in [0.29, 0.717) is 24.3 Å². The van der Waals surface area contributed by atoms with E-state index in [1.54, 1.807) is 34.1 Å². The van der Waals surface area contributed by atoms with Crippen molar-refractivity contribution in [1.29, 1.82) is 0 Å². The second-order valence-corrected chi connectivity index (χ2v) is 9.49. The molecule has 0 aliphatic rings. The molecule has 0 spiro atoms. The maximum Gasteiger partial charge on any atom is 1.00 e. The third kappa shape index (κ3) is 8.60. The van der Waals surface area contributed by atoms with Crippen LogP contribution < -0.4 is 78.0 Å². The van der Waals surface area contributed by atoms with E-state index in [-0.39, 0.29) is 88.2 Å². The predicted octanol–water partition coefficient (Wildman–Crippen LogP) is 1.16. The molecule has 2 aromatic heterocycles. The molecule has 2 heterocycles. The van der Waals surface area contributed by atoms with Crippen molar-refractivity contribution in [2.75, 3.05) is 31.2 Å². The molecule has 0 fully saturated rings. The number of aliphatic hydroxyl groups is 1. The van der Waals surface area contributed by atoms with E-state index in [9.17, 15) is 22.7 Å². The number of alkyl halides is 3. The molecule has 10 nitrogen and oxygen atoms in total. The van der Waals surface area contributed by atoms with Crippen LogP contribution in [0.2, 0.25) is 0 Å². The second-order valence-electron chi connectivity index (χ2n) is 9.49. The maximum absolute atomic E-state index is 16.4. The number of aryl methyl sites for hydroxylation is 1. The van der Waals surface area contributed by atoms with Crippen LogP contribution in [0.25, 0.3) is 16.6 Å². The molecule has 0 radical (unpaired) electrons. The third-order valence-electron chi connectivity index (χ3n) is 6.05. The molecular formula is C26H34F5KN8O2. The third-order valence-corrected chi connectivity index (χ3v) is 6.05. The van der Waals surface area contributed by atoms with Crippen LogP contribution in [0.3, 0.4) is 0 Å². The molecule has 3 aromatic rings. The fourth-order valence-corrected chi connectivity index (χ4v) is 4.26. The van der Waals surface area contributed by atoms with Gasteiger partial charge in [0.1, 0.15) is 11.5 Å². The van der Waals surface area contributed by atoms with Gasteiger partial charge in [0, 0.05) is 29.9 Å². The van der Waals surface area contributed by atoms with Crippen LogP contribution >= 0.6 is 0 Å². The van der Waals surface area contributed by atoms with Crippen molar-refractivity contribution in [3.05, 3.63) is 57.2 Å². The Hall–Kier alpha value is -1.89. The van der Waals surface area contributed by atoms with Gasteiger partial charge in [-0.1, -0.05) is 0 Å². The van der Waals surface area contributed by atoms with Gasteiger partial charge in [-0.05, 0) is 46.0 Å². The first kappa shape index (κ1) is 36.3. The Bertz CT molecular complexity index is 1370. The van der Waals surface area contributed by atoms with Gasteiger partial charge in [0.15, 0.2) is 5.82 Å². The van der Waals surface area contributed by atoms with E-state index in [0.717, 1.165) is 13.0 Å². The molecule has 0 bridgehead atoms. The summed E-state index contributed by atoms with van der Waals surface area (Å²) in [5, 5.41) is 21.3.